The second kappa shape index (κ2) is 5.04. The molecule has 5 nitrogen and oxygen atoms in total. The highest BCUT2D eigenvalue weighted by atomic mass is 19.4. The summed E-state index contributed by atoms with van der Waals surface area (Å²) in [6, 6.07) is 0.603. The van der Waals surface area contributed by atoms with E-state index in [0.717, 1.165) is 0 Å². The number of aromatic amines is 1. The molecule has 1 aliphatic heterocycles. The number of alkyl halides is 3. The van der Waals surface area contributed by atoms with Gasteiger partial charge in [-0.05, 0) is 18.9 Å². The smallest absolute Gasteiger partial charge is 0.368 e. The highest BCUT2D eigenvalue weighted by Crippen LogP contribution is 2.29. The summed E-state index contributed by atoms with van der Waals surface area (Å²) >= 11 is 0. The summed E-state index contributed by atoms with van der Waals surface area (Å²) in [5, 5.41) is 2.16. The number of hydrogen-bond donors (Lipinski definition) is 2. The van der Waals surface area contributed by atoms with E-state index in [0.29, 0.717) is 31.7 Å². The molecule has 2 heterocycles. The van der Waals surface area contributed by atoms with Gasteiger partial charge in [-0.25, -0.2) is 0 Å². The van der Waals surface area contributed by atoms with Crippen LogP contribution in [0.5, 0.6) is 0 Å². The Kier molecular flexibility index (Phi) is 3.61. The lowest BCUT2D eigenvalue weighted by Gasteiger charge is -2.11. The van der Waals surface area contributed by atoms with Crippen molar-refractivity contribution in [1.29, 1.82) is 0 Å². The van der Waals surface area contributed by atoms with E-state index in [1.807, 2.05) is 4.98 Å². The molecule has 0 radical (unpaired) electrons. The molecule has 0 aromatic carbocycles. The molecule has 0 spiro atoms. The fourth-order valence-electron chi connectivity index (χ4n) is 1.74. The van der Waals surface area contributed by atoms with Crippen LogP contribution in [-0.2, 0) is 15.7 Å². The molecule has 2 rings (SSSR count). The van der Waals surface area contributed by atoms with Crippen LogP contribution in [0.3, 0.4) is 0 Å². The first kappa shape index (κ1) is 13.6. The van der Waals surface area contributed by atoms with Gasteiger partial charge in [-0.15, -0.1) is 0 Å². The molecule has 1 atom stereocenters. The van der Waals surface area contributed by atoms with Crippen LogP contribution in [0, 0.1) is 0 Å². The third-order valence-electron chi connectivity index (χ3n) is 2.71. The van der Waals surface area contributed by atoms with Gasteiger partial charge in [0.15, 0.2) is 0 Å². The van der Waals surface area contributed by atoms with E-state index in [9.17, 15) is 22.8 Å². The molecule has 1 saturated heterocycles. The Labute approximate surface area is 105 Å². The molecule has 2 N–H and O–H groups in total. The van der Waals surface area contributed by atoms with Crippen LogP contribution in [0.1, 0.15) is 18.4 Å². The molecule has 1 aromatic heterocycles. The number of carbonyl (C=O) groups is 1. The Hall–Kier alpha value is -1.83. The number of halogens is 3. The van der Waals surface area contributed by atoms with E-state index >= 15 is 0 Å². The maximum absolute atomic E-state index is 12.5. The van der Waals surface area contributed by atoms with Crippen LogP contribution in [0.4, 0.5) is 18.9 Å². The third-order valence-corrected chi connectivity index (χ3v) is 2.71. The van der Waals surface area contributed by atoms with Crippen LogP contribution in [0.15, 0.2) is 17.1 Å². The number of H-pyrrole nitrogens is 1. The largest absolute Gasteiger partial charge is 0.417 e. The van der Waals surface area contributed by atoms with E-state index in [-0.39, 0.29) is 0 Å². The minimum absolute atomic E-state index is 0.428. The Morgan fingerprint density at radius 2 is 2.21 bits per heavy atom. The highest BCUT2D eigenvalue weighted by molar-refractivity contribution is 5.94. The molecular weight excluding hydrogens is 265 g/mol. The first-order chi connectivity index (χ1) is 8.88. The van der Waals surface area contributed by atoms with Gasteiger partial charge in [-0.1, -0.05) is 0 Å². The van der Waals surface area contributed by atoms with Crippen LogP contribution >= 0.6 is 0 Å². The zero-order valence-corrected chi connectivity index (χ0v) is 9.71. The molecule has 1 amide bonds. The summed E-state index contributed by atoms with van der Waals surface area (Å²) in [6.07, 6.45) is -3.55. The van der Waals surface area contributed by atoms with Gasteiger partial charge in [0.05, 0.1) is 5.56 Å². The fourth-order valence-corrected chi connectivity index (χ4v) is 1.74. The quantitative estimate of drug-likeness (QED) is 0.860. The minimum Gasteiger partial charge on any atom is -0.368 e. The summed E-state index contributed by atoms with van der Waals surface area (Å²) in [7, 11) is 0. The molecular formula is C11H11F3N2O3. The second-order valence-corrected chi connectivity index (χ2v) is 4.12. The molecule has 104 valence electrons. The van der Waals surface area contributed by atoms with Crippen molar-refractivity contribution < 1.29 is 22.7 Å². The van der Waals surface area contributed by atoms with Crippen LogP contribution in [-0.4, -0.2) is 23.6 Å². The van der Waals surface area contributed by atoms with Gasteiger partial charge in [-0.3, -0.25) is 9.59 Å². The summed E-state index contributed by atoms with van der Waals surface area (Å²) < 4.78 is 42.5. The number of pyridine rings is 1. The Morgan fingerprint density at radius 1 is 1.47 bits per heavy atom. The first-order valence-corrected chi connectivity index (χ1v) is 5.60. The van der Waals surface area contributed by atoms with Crippen LogP contribution in [0.25, 0.3) is 0 Å². The van der Waals surface area contributed by atoms with E-state index in [1.54, 1.807) is 0 Å². The van der Waals surface area contributed by atoms with E-state index in [4.69, 9.17) is 4.74 Å². The van der Waals surface area contributed by atoms with Crippen molar-refractivity contribution in [3.05, 3.63) is 28.2 Å². The lowest BCUT2D eigenvalue weighted by Crippen LogP contribution is -2.30. The van der Waals surface area contributed by atoms with Crippen molar-refractivity contribution in [3.63, 3.8) is 0 Å². The van der Waals surface area contributed by atoms with Gasteiger partial charge in [0.25, 0.3) is 11.5 Å². The number of amides is 1. The van der Waals surface area contributed by atoms with Gasteiger partial charge in [-0.2, -0.15) is 13.2 Å². The molecule has 19 heavy (non-hydrogen) atoms. The fraction of sp³-hybridized carbons (Fsp3) is 0.455. The lowest BCUT2D eigenvalue weighted by molar-refractivity contribution is -0.137. The van der Waals surface area contributed by atoms with Crippen LogP contribution < -0.4 is 10.9 Å². The van der Waals surface area contributed by atoms with E-state index < -0.39 is 35.0 Å². The van der Waals surface area contributed by atoms with Gasteiger partial charge in [0, 0.05) is 12.8 Å². The van der Waals surface area contributed by atoms with Gasteiger partial charge < -0.3 is 15.0 Å². The average molecular weight is 276 g/mol. The summed E-state index contributed by atoms with van der Waals surface area (Å²) in [5.41, 5.74) is -2.26. The number of hydrogen-bond acceptors (Lipinski definition) is 3. The topological polar surface area (TPSA) is 71.2 Å². The molecule has 0 bridgehead atoms. The van der Waals surface area contributed by atoms with Gasteiger partial charge >= 0.3 is 6.18 Å². The molecule has 8 heteroatoms. The number of rotatable bonds is 2. The SMILES string of the molecule is O=C(Nc1cc(C(F)(F)F)c[nH]c1=O)C1CCCO1. The van der Waals surface area contributed by atoms with E-state index in [1.165, 1.54) is 0 Å². The average Bonchev–Trinajstić information content (AvgIpc) is 2.84. The number of nitrogens with one attached hydrogen (secondary N) is 2. The number of anilines is 1. The third kappa shape index (κ3) is 3.14. The maximum Gasteiger partial charge on any atom is 0.417 e. The van der Waals surface area contributed by atoms with Gasteiger partial charge in [0.2, 0.25) is 0 Å². The zero-order valence-electron chi connectivity index (χ0n) is 9.71. The Bertz CT molecular complexity index is 533. The number of aromatic nitrogens is 1. The van der Waals surface area contributed by atoms with Crippen molar-refractivity contribution in [2.45, 2.75) is 25.1 Å². The predicted molar refractivity (Wildman–Crippen MR) is 59.7 cm³/mol. The normalized spacial score (nSPS) is 19.4. The summed E-state index contributed by atoms with van der Waals surface area (Å²) in [4.78, 5) is 25.0. The first-order valence-electron chi connectivity index (χ1n) is 5.60. The zero-order chi connectivity index (χ0) is 14.0. The molecule has 1 aliphatic rings. The Morgan fingerprint density at radius 3 is 2.79 bits per heavy atom. The maximum atomic E-state index is 12.5. The molecule has 0 aliphatic carbocycles. The van der Waals surface area contributed by atoms with Crippen molar-refractivity contribution in [2.24, 2.45) is 0 Å². The standard InChI is InChI=1S/C11H11F3N2O3/c12-11(13,14)6-4-7(9(17)15-5-6)16-10(18)8-2-1-3-19-8/h4-5,8H,1-3H2,(H,15,17)(H,16,18). The van der Waals surface area contributed by atoms with Crippen molar-refractivity contribution in [2.75, 3.05) is 11.9 Å². The monoisotopic (exact) mass is 276 g/mol. The molecule has 1 unspecified atom stereocenters. The van der Waals surface area contributed by atoms with E-state index in [2.05, 4.69) is 5.32 Å². The number of carbonyl (C=O) groups excluding carboxylic acids is 1. The van der Waals surface area contributed by atoms with Crippen LogP contribution in [0.2, 0.25) is 0 Å². The van der Waals surface area contributed by atoms with Gasteiger partial charge in [0.1, 0.15) is 11.8 Å². The van der Waals surface area contributed by atoms with Crippen molar-refractivity contribution >= 4 is 11.6 Å². The molecule has 0 saturated carbocycles. The van der Waals surface area contributed by atoms with Crippen molar-refractivity contribution in [3.8, 4) is 0 Å². The highest BCUT2D eigenvalue weighted by Gasteiger charge is 2.32. The summed E-state index contributed by atoms with van der Waals surface area (Å²) in [5.74, 6) is -0.609. The molecule has 1 fully saturated rings. The molecule has 1 aromatic rings. The lowest BCUT2D eigenvalue weighted by atomic mass is 10.2. The summed E-state index contributed by atoms with van der Waals surface area (Å²) in [6.45, 7) is 0.428. The van der Waals surface area contributed by atoms with Crippen molar-refractivity contribution in [1.82, 2.24) is 4.98 Å². The second-order valence-electron chi connectivity index (χ2n) is 4.12. The Balaban J connectivity index is 2.19. The predicted octanol–water partition coefficient (Wildman–Crippen LogP) is 1.51. The number of ether oxygens (including phenoxy) is 1. The minimum atomic E-state index is -4.59.